The molecule has 0 aliphatic rings. The quantitative estimate of drug-likeness (QED) is 0.831. The molecule has 94 valence electrons. The SMILES string of the molecule is Cc1cccc(Cl)c1NCc1cc(F)ccc1Cl. The van der Waals surface area contributed by atoms with Gasteiger partial charge in [-0.25, -0.2) is 4.39 Å². The highest BCUT2D eigenvalue weighted by atomic mass is 35.5. The number of para-hydroxylation sites is 1. The van der Waals surface area contributed by atoms with E-state index < -0.39 is 0 Å². The predicted molar refractivity (Wildman–Crippen MR) is 74.9 cm³/mol. The first-order valence-electron chi connectivity index (χ1n) is 5.51. The molecule has 0 heterocycles. The van der Waals surface area contributed by atoms with Crippen LogP contribution in [-0.4, -0.2) is 0 Å². The van der Waals surface area contributed by atoms with Crippen LogP contribution in [0.2, 0.25) is 10.0 Å². The number of benzene rings is 2. The van der Waals surface area contributed by atoms with Gasteiger partial charge in [0, 0.05) is 11.6 Å². The molecule has 1 nitrogen and oxygen atoms in total. The lowest BCUT2D eigenvalue weighted by Gasteiger charge is -2.12. The zero-order chi connectivity index (χ0) is 13.1. The molecule has 0 atom stereocenters. The summed E-state index contributed by atoms with van der Waals surface area (Å²) < 4.78 is 13.1. The van der Waals surface area contributed by atoms with Gasteiger partial charge in [0.2, 0.25) is 0 Å². The zero-order valence-corrected chi connectivity index (χ0v) is 11.3. The van der Waals surface area contributed by atoms with Crippen molar-refractivity contribution in [1.82, 2.24) is 0 Å². The molecule has 0 bridgehead atoms. The van der Waals surface area contributed by atoms with Gasteiger partial charge in [0.1, 0.15) is 5.82 Å². The summed E-state index contributed by atoms with van der Waals surface area (Å²) in [4.78, 5) is 0. The van der Waals surface area contributed by atoms with E-state index >= 15 is 0 Å². The maximum absolute atomic E-state index is 13.1. The third kappa shape index (κ3) is 2.95. The van der Waals surface area contributed by atoms with Gasteiger partial charge in [0.15, 0.2) is 0 Å². The van der Waals surface area contributed by atoms with Crippen LogP contribution in [0.25, 0.3) is 0 Å². The molecule has 0 spiro atoms. The lowest BCUT2D eigenvalue weighted by molar-refractivity contribution is 0.626. The number of hydrogen-bond donors (Lipinski definition) is 1. The van der Waals surface area contributed by atoms with Crippen LogP contribution in [-0.2, 0) is 6.54 Å². The number of nitrogens with one attached hydrogen (secondary N) is 1. The molecule has 0 aromatic heterocycles. The number of hydrogen-bond acceptors (Lipinski definition) is 1. The monoisotopic (exact) mass is 283 g/mol. The second kappa shape index (κ2) is 5.59. The summed E-state index contributed by atoms with van der Waals surface area (Å²) in [6.07, 6.45) is 0. The number of anilines is 1. The molecular weight excluding hydrogens is 272 g/mol. The summed E-state index contributed by atoms with van der Waals surface area (Å²) in [5.74, 6) is -0.299. The highest BCUT2D eigenvalue weighted by Gasteiger charge is 2.06. The predicted octanol–water partition coefficient (Wildman–Crippen LogP) is 5.05. The lowest BCUT2D eigenvalue weighted by atomic mass is 10.1. The summed E-state index contributed by atoms with van der Waals surface area (Å²) in [7, 11) is 0. The van der Waals surface area contributed by atoms with Gasteiger partial charge in [-0.15, -0.1) is 0 Å². The van der Waals surface area contributed by atoms with Crippen LogP contribution in [0, 0.1) is 12.7 Å². The van der Waals surface area contributed by atoms with Gasteiger partial charge in [-0.1, -0.05) is 35.3 Å². The van der Waals surface area contributed by atoms with Crippen LogP contribution in [0.3, 0.4) is 0 Å². The standard InChI is InChI=1S/C14H12Cl2FN/c1-9-3-2-4-13(16)14(9)18-8-10-7-11(17)5-6-12(10)15/h2-7,18H,8H2,1H3. The molecule has 2 aromatic carbocycles. The molecule has 0 unspecified atom stereocenters. The maximum Gasteiger partial charge on any atom is 0.123 e. The summed E-state index contributed by atoms with van der Waals surface area (Å²) in [5.41, 5.74) is 2.59. The minimum Gasteiger partial charge on any atom is -0.379 e. The third-order valence-corrected chi connectivity index (χ3v) is 3.37. The Morgan fingerprint density at radius 2 is 1.89 bits per heavy atom. The summed E-state index contributed by atoms with van der Waals surface area (Å²) >= 11 is 12.1. The molecule has 0 saturated carbocycles. The molecule has 4 heteroatoms. The fraction of sp³-hybridized carbons (Fsp3) is 0.143. The molecule has 0 radical (unpaired) electrons. The van der Waals surface area contributed by atoms with Gasteiger partial charge < -0.3 is 5.32 Å². The van der Waals surface area contributed by atoms with E-state index in [4.69, 9.17) is 23.2 Å². The molecule has 0 saturated heterocycles. The molecule has 0 amide bonds. The van der Waals surface area contributed by atoms with Gasteiger partial charge in [-0.2, -0.15) is 0 Å². The first-order chi connectivity index (χ1) is 8.58. The minimum absolute atomic E-state index is 0.299. The normalized spacial score (nSPS) is 10.4. The van der Waals surface area contributed by atoms with Crippen molar-refractivity contribution in [3.63, 3.8) is 0 Å². The second-order valence-corrected chi connectivity index (χ2v) is 4.84. The largest absolute Gasteiger partial charge is 0.379 e. The Labute approximate surface area is 116 Å². The van der Waals surface area contributed by atoms with Gasteiger partial charge in [0.25, 0.3) is 0 Å². The molecule has 0 aliphatic carbocycles. The Kier molecular flexibility index (Phi) is 4.10. The van der Waals surface area contributed by atoms with Crippen LogP contribution < -0.4 is 5.32 Å². The van der Waals surface area contributed by atoms with Gasteiger partial charge >= 0.3 is 0 Å². The Hall–Kier alpha value is -1.25. The number of aryl methyl sites for hydroxylation is 1. The third-order valence-electron chi connectivity index (χ3n) is 2.69. The van der Waals surface area contributed by atoms with Crippen molar-refractivity contribution in [2.45, 2.75) is 13.5 Å². The Morgan fingerprint density at radius 3 is 2.61 bits per heavy atom. The van der Waals surface area contributed by atoms with Gasteiger partial charge in [-0.3, -0.25) is 0 Å². The maximum atomic E-state index is 13.1. The summed E-state index contributed by atoms with van der Waals surface area (Å²) in [6.45, 7) is 2.39. The van der Waals surface area contributed by atoms with Crippen molar-refractivity contribution in [2.24, 2.45) is 0 Å². The topological polar surface area (TPSA) is 12.0 Å². The van der Waals surface area contributed by atoms with Gasteiger partial charge in [0.05, 0.1) is 10.7 Å². The minimum atomic E-state index is -0.299. The van der Waals surface area contributed by atoms with Crippen molar-refractivity contribution < 1.29 is 4.39 Å². The Balaban J connectivity index is 2.19. The van der Waals surface area contributed by atoms with Crippen molar-refractivity contribution in [2.75, 3.05) is 5.32 Å². The van der Waals surface area contributed by atoms with E-state index in [9.17, 15) is 4.39 Å². The van der Waals surface area contributed by atoms with E-state index in [-0.39, 0.29) is 5.82 Å². The van der Waals surface area contributed by atoms with Crippen LogP contribution in [0.5, 0.6) is 0 Å². The first kappa shape index (κ1) is 13.2. The summed E-state index contributed by atoms with van der Waals surface area (Å²) in [5, 5.41) is 4.36. The number of rotatable bonds is 3. The molecule has 2 rings (SSSR count). The lowest BCUT2D eigenvalue weighted by Crippen LogP contribution is -2.02. The van der Waals surface area contributed by atoms with E-state index in [1.54, 1.807) is 6.07 Å². The van der Waals surface area contributed by atoms with E-state index in [0.717, 1.165) is 11.3 Å². The first-order valence-corrected chi connectivity index (χ1v) is 6.26. The fourth-order valence-electron chi connectivity index (χ4n) is 1.72. The van der Waals surface area contributed by atoms with Crippen molar-refractivity contribution in [3.8, 4) is 0 Å². The second-order valence-electron chi connectivity index (χ2n) is 4.02. The summed E-state index contributed by atoms with van der Waals surface area (Å²) in [6, 6.07) is 9.96. The molecule has 18 heavy (non-hydrogen) atoms. The highest BCUT2D eigenvalue weighted by molar-refractivity contribution is 6.33. The molecule has 2 aromatic rings. The molecule has 1 N–H and O–H groups in total. The Morgan fingerprint density at radius 1 is 1.11 bits per heavy atom. The highest BCUT2D eigenvalue weighted by Crippen LogP contribution is 2.26. The Bertz CT molecular complexity index is 549. The molecular formula is C14H12Cl2FN. The van der Waals surface area contributed by atoms with Gasteiger partial charge in [-0.05, 0) is 42.3 Å². The average Bonchev–Trinajstić information content (AvgIpc) is 2.33. The molecule has 0 fully saturated rings. The van der Waals surface area contributed by atoms with Crippen LogP contribution in [0.15, 0.2) is 36.4 Å². The van der Waals surface area contributed by atoms with E-state index in [1.165, 1.54) is 12.1 Å². The van der Waals surface area contributed by atoms with Crippen LogP contribution in [0.1, 0.15) is 11.1 Å². The number of halogens is 3. The van der Waals surface area contributed by atoms with Crippen LogP contribution in [0.4, 0.5) is 10.1 Å². The van der Waals surface area contributed by atoms with E-state index in [0.29, 0.717) is 22.2 Å². The van der Waals surface area contributed by atoms with Crippen molar-refractivity contribution >= 4 is 28.9 Å². The zero-order valence-electron chi connectivity index (χ0n) is 9.81. The van der Waals surface area contributed by atoms with E-state index in [2.05, 4.69) is 5.32 Å². The van der Waals surface area contributed by atoms with E-state index in [1.807, 2.05) is 25.1 Å². The smallest absolute Gasteiger partial charge is 0.123 e. The fourth-order valence-corrected chi connectivity index (χ4v) is 2.19. The van der Waals surface area contributed by atoms with Crippen molar-refractivity contribution in [1.29, 1.82) is 0 Å². The van der Waals surface area contributed by atoms with Crippen LogP contribution >= 0.6 is 23.2 Å². The van der Waals surface area contributed by atoms with Crippen molar-refractivity contribution in [3.05, 3.63) is 63.4 Å². The average molecular weight is 284 g/mol. The molecule has 0 aliphatic heterocycles.